The average molecular weight is 484 g/mol. The fourth-order valence-corrected chi connectivity index (χ4v) is 5.85. The summed E-state index contributed by atoms with van der Waals surface area (Å²) in [5.41, 5.74) is -0.108. The van der Waals surface area contributed by atoms with Crippen LogP contribution in [0.1, 0.15) is 45.1 Å². The lowest BCUT2D eigenvalue weighted by Crippen LogP contribution is -2.52. The van der Waals surface area contributed by atoms with Crippen LogP contribution in [-0.4, -0.2) is 62.7 Å². The molecule has 1 aromatic rings. The van der Waals surface area contributed by atoms with Gasteiger partial charge in [-0.1, -0.05) is 32.8 Å². The fourth-order valence-electron chi connectivity index (χ4n) is 5.85. The predicted octanol–water partition coefficient (Wildman–Crippen LogP) is 3.95. The predicted molar refractivity (Wildman–Crippen MR) is 124 cm³/mol. The highest BCUT2D eigenvalue weighted by atomic mass is 19.4. The van der Waals surface area contributed by atoms with Crippen LogP contribution in [0.5, 0.6) is 0 Å². The van der Waals surface area contributed by atoms with Crippen molar-refractivity contribution in [1.82, 2.24) is 10.2 Å². The number of hydrogen-bond donors (Lipinski definition) is 1. The van der Waals surface area contributed by atoms with E-state index in [2.05, 4.69) is 5.32 Å². The smallest absolute Gasteiger partial charge is 0.416 e. The first-order valence-electron chi connectivity index (χ1n) is 11.8. The summed E-state index contributed by atoms with van der Waals surface area (Å²) in [6.07, 6.45) is 0.832. The van der Waals surface area contributed by atoms with E-state index in [4.69, 9.17) is 4.74 Å². The number of anilines is 1. The van der Waals surface area contributed by atoms with E-state index < -0.39 is 11.7 Å². The highest BCUT2D eigenvalue weighted by molar-refractivity contribution is 5.80. The summed E-state index contributed by atoms with van der Waals surface area (Å²) in [5, 5.41) is 3.14. The van der Waals surface area contributed by atoms with Crippen molar-refractivity contribution >= 4 is 17.6 Å². The molecule has 4 unspecified atom stereocenters. The number of piperazine rings is 1. The van der Waals surface area contributed by atoms with E-state index in [0.29, 0.717) is 43.7 Å². The molecule has 2 aliphatic carbocycles. The first kappa shape index (κ1) is 26.3. The summed E-state index contributed by atoms with van der Waals surface area (Å²) in [6.45, 7) is 2.49. The molecule has 3 fully saturated rings. The molecule has 1 heterocycles. The quantitative estimate of drug-likeness (QED) is 0.643. The SMILES string of the molecule is C.COC(=O)C1CC2CCCCC2C1NC(=O)CN1CCN(c2cccc(C(F)(F)F)c2)CC1. The Hall–Kier alpha value is -2.29. The maximum absolute atomic E-state index is 13.0. The van der Waals surface area contributed by atoms with Crippen LogP contribution in [0.25, 0.3) is 0 Å². The van der Waals surface area contributed by atoms with E-state index in [1.165, 1.54) is 25.7 Å². The normalized spacial score (nSPS) is 27.5. The number of benzene rings is 1. The molecule has 2 saturated carbocycles. The zero-order chi connectivity index (χ0) is 23.6. The number of hydrogen-bond acceptors (Lipinski definition) is 5. The van der Waals surface area contributed by atoms with Crippen LogP contribution in [0.2, 0.25) is 0 Å². The van der Waals surface area contributed by atoms with Crippen LogP contribution in [0.15, 0.2) is 24.3 Å². The molecule has 3 aliphatic rings. The second-order valence-electron chi connectivity index (χ2n) is 9.48. The molecular weight excluding hydrogens is 447 g/mol. The fraction of sp³-hybridized carbons (Fsp3) is 0.680. The number of nitrogens with zero attached hydrogens (tertiary/aromatic N) is 2. The second kappa shape index (κ2) is 11.0. The number of halogens is 3. The first-order chi connectivity index (χ1) is 15.8. The minimum atomic E-state index is -4.37. The van der Waals surface area contributed by atoms with E-state index in [0.717, 1.165) is 31.7 Å². The van der Waals surface area contributed by atoms with Crippen molar-refractivity contribution in [1.29, 1.82) is 0 Å². The lowest BCUT2D eigenvalue weighted by molar-refractivity contribution is -0.146. The Morgan fingerprint density at radius 1 is 1.12 bits per heavy atom. The highest BCUT2D eigenvalue weighted by Crippen LogP contribution is 2.45. The lowest BCUT2D eigenvalue weighted by Gasteiger charge is -2.36. The number of methoxy groups -OCH3 is 1. The van der Waals surface area contributed by atoms with E-state index in [1.54, 1.807) is 6.07 Å². The van der Waals surface area contributed by atoms with Gasteiger partial charge in [-0.2, -0.15) is 13.2 Å². The van der Waals surface area contributed by atoms with Crippen molar-refractivity contribution < 1.29 is 27.5 Å². The van der Waals surface area contributed by atoms with Gasteiger partial charge in [-0.05, 0) is 42.9 Å². The Kier molecular flexibility index (Phi) is 8.49. The molecule has 1 aromatic carbocycles. The lowest BCUT2D eigenvalue weighted by atomic mass is 9.80. The zero-order valence-corrected chi connectivity index (χ0v) is 18.9. The van der Waals surface area contributed by atoms with Crippen LogP contribution >= 0.6 is 0 Å². The third-order valence-corrected chi connectivity index (χ3v) is 7.53. The molecular formula is C25H36F3N3O3. The van der Waals surface area contributed by atoms with Gasteiger partial charge in [0.1, 0.15) is 0 Å². The molecule has 0 radical (unpaired) electrons. The van der Waals surface area contributed by atoms with Crippen molar-refractivity contribution in [2.75, 3.05) is 44.7 Å². The van der Waals surface area contributed by atoms with Gasteiger partial charge in [0.2, 0.25) is 5.91 Å². The van der Waals surface area contributed by atoms with Crippen molar-refractivity contribution in [3.63, 3.8) is 0 Å². The van der Waals surface area contributed by atoms with E-state index in [1.807, 2.05) is 9.80 Å². The van der Waals surface area contributed by atoms with E-state index in [-0.39, 0.29) is 37.8 Å². The summed E-state index contributed by atoms with van der Waals surface area (Å²) in [6, 6.07) is 5.18. The molecule has 1 saturated heterocycles. The van der Waals surface area contributed by atoms with Crippen molar-refractivity contribution in [2.45, 2.75) is 51.7 Å². The molecule has 4 atom stereocenters. The van der Waals surface area contributed by atoms with Gasteiger partial charge in [0.05, 0.1) is 25.1 Å². The number of carbonyl (C=O) groups excluding carboxylic acids is 2. The monoisotopic (exact) mass is 483 g/mol. The molecule has 6 nitrogen and oxygen atoms in total. The summed E-state index contributed by atoms with van der Waals surface area (Å²) in [4.78, 5) is 29.1. The number of amides is 1. The number of alkyl halides is 3. The molecule has 1 N–H and O–H groups in total. The zero-order valence-electron chi connectivity index (χ0n) is 18.9. The van der Waals surface area contributed by atoms with Crippen molar-refractivity contribution in [3.8, 4) is 0 Å². The molecule has 1 aliphatic heterocycles. The van der Waals surface area contributed by atoms with E-state index >= 15 is 0 Å². The van der Waals surface area contributed by atoms with Gasteiger partial charge in [0.25, 0.3) is 0 Å². The number of esters is 1. The number of nitrogens with one attached hydrogen (secondary N) is 1. The standard InChI is InChI=1S/C24H32F3N3O3.CH4/c1-33-23(32)20-13-16-5-2-3-8-19(16)22(20)28-21(31)15-29-9-11-30(12-10-29)18-7-4-6-17(14-18)24(25,26)27;/h4,6-7,14,16,19-20,22H,2-3,5,8-13,15H2,1H3,(H,28,31);1H4. The van der Waals surface area contributed by atoms with Crippen LogP contribution in [0.4, 0.5) is 18.9 Å². The molecule has 9 heteroatoms. The Bertz CT molecular complexity index is 855. The Balaban J connectivity index is 0.00000324. The largest absolute Gasteiger partial charge is 0.469 e. The van der Waals surface area contributed by atoms with Gasteiger partial charge < -0.3 is 15.0 Å². The minimum absolute atomic E-state index is 0. The van der Waals surface area contributed by atoms with Gasteiger partial charge in [0, 0.05) is 37.9 Å². The Morgan fingerprint density at radius 3 is 2.50 bits per heavy atom. The van der Waals surface area contributed by atoms with Crippen LogP contribution in [0, 0.1) is 17.8 Å². The van der Waals surface area contributed by atoms with Crippen LogP contribution < -0.4 is 10.2 Å². The molecule has 0 aromatic heterocycles. The molecule has 1 amide bonds. The molecule has 0 spiro atoms. The number of ether oxygens (including phenoxy) is 1. The first-order valence-corrected chi connectivity index (χ1v) is 11.8. The van der Waals surface area contributed by atoms with Gasteiger partial charge in [-0.3, -0.25) is 14.5 Å². The van der Waals surface area contributed by atoms with Gasteiger partial charge >= 0.3 is 12.1 Å². The average Bonchev–Trinajstić information content (AvgIpc) is 3.17. The molecule has 4 rings (SSSR count). The molecule has 34 heavy (non-hydrogen) atoms. The molecule has 0 bridgehead atoms. The van der Waals surface area contributed by atoms with Gasteiger partial charge in [-0.15, -0.1) is 0 Å². The third-order valence-electron chi connectivity index (χ3n) is 7.53. The third kappa shape index (κ3) is 5.85. The maximum atomic E-state index is 13.0. The summed E-state index contributed by atoms with van der Waals surface area (Å²) in [5.74, 6) is 0.149. The number of fused-ring (bicyclic) bond motifs is 1. The van der Waals surface area contributed by atoms with Crippen molar-refractivity contribution in [3.05, 3.63) is 29.8 Å². The Labute approximate surface area is 199 Å². The van der Waals surface area contributed by atoms with Crippen LogP contribution in [0.3, 0.4) is 0 Å². The number of rotatable bonds is 5. The number of carbonyl (C=O) groups is 2. The molecule has 190 valence electrons. The summed E-state index contributed by atoms with van der Waals surface area (Å²) in [7, 11) is 1.40. The Morgan fingerprint density at radius 2 is 1.82 bits per heavy atom. The topological polar surface area (TPSA) is 61.9 Å². The second-order valence-corrected chi connectivity index (χ2v) is 9.48. The van der Waals surface area contributed by atoms with Crippen molar-refractivity contribution in [2.24, 2.45) is 17.8 Å². The summed E-state index contributed by atoms with van der Waals surface area (Å²) >= 11 is 0. The van der Waals surface area contributed by atoms with Gasteiger partial charge in [-0.25, -0.2) is 0 Å². The van der Waals surface area contributed by atoms with Gasteiger partial charge in [0.15, 0.2) is 0 Å². The minimum Gasteiger partial charge on any atom is -0.469 e. The van der Waals surface area contributed by atoms with E-state index in [9.17, 15) is 22.8 Å². The van der Waals surface area contributed by atoms with Crippen LogP contribution in [-0.2, 0) is 20.5 Å². The highest BCUT2D eigenvalue weighted by Gasteiger charge is 2.48. The maximum Gasteiger partial charge on any atom is 0.416 e. The summed E-state index contributed by atoms with van der Waals surface area (Å²) < 4.78 is 44.0.